The van der Waals surface area contributed by atoms with E-state index < -0.39 is 30.1 Å². The lowest BCUT2D eigenvalue weighted by Gasteiger charge is -2.25. The van der Waals surface area contributed by atoms with Gasteiger partial charge in [0.25, 0.3) is 0 Å². The van der Waals surface area contributed by atoms with Crippen molar-refractivity contribution in [2.75, 3.05) is 11.9 Å². The molecule has 5 rings (SSSR count). The van der Waals surface area contributed by atoms with E-state index in [-0.39, 0.29) is 30.4 Å². The number of carboxylic acid groups (broad SMARTS) is 1. The molecule has 1 aliphatic carbocycles. The number of fused-ring (bicyclic) bond motifs is 3. The van der Waals surface area contributed by atoms with Crippen molar-refractivity contribution in [3.05, 3.63) is 124 Å². The smallest absolute Gasteiger partial charge is 0.407 e. The minimum atomic E-state index is -1.20. The van der Waals surface area contributed by atoms with Crippen LogP contribution in [0.5, 0.6) is 0 Å². The monoisotopic (exact) mass is 628 g/mol. The maximum Gasteiger partial charge on any atom is 0.407 e. The van der Waals surface area contributed by atoms with Crippen LogP contribution in [0.15, 0.2) is 102 Å². The van der Waals surface area contributed by atoms with Gasteiger partial charge >= 0.3 is 12.1 Å². The summed E-state index contributed by atoms with van der Waals surface area (Å²) in [5.74, 6) is -2.00. The van der Waals surface area contributed by atoms with E-state index in [1.54, 1.807) is 13.0 Å². The van der Waals surface area contributed by atoms with Crippen LogP contribution in [0.25, 0.3) is 11.1 Å². The third kappa shape index (κ3) is 6.53. The zero-order valence-corrected chi connectivity index (χ0v) is 24.3. The highest BCUT2D eigenvalue weighted by molar-refractivity contribution is 9.10. The summed E-state index contributed by atoms with van der Waals surface area (Å²) in [7, 11) is 0. The van der Waals surface area contributed by atoms with Crippen LogP contribution in [0.1, 0.15) is 39.9 Å². The van der Waals surface area contributed by atoms with E-state index in [0.717, 1.165) is 27.8 Å². The number of hydrogen-bond acceptors (Lipinski definition) is 5. The second kappa shape index (κ2) is 13.0. The highest BCUT2D eigenvalue weighted by Gasteiger charge is 2.32. The van der Waals surface area contributed by atoms with Crippen LogP contribution in [0.2, 0.25) is 0 Å². The van der Waals surface area contributed by atoms with Crippen molar-refractivity contribution in [1.82, 2.24) is 5.32 Å². The molecular weight excluding hydrogens is 600 g/mol. The van der Waals surface area contributed by atoms with E-state index in [4.69, 9.17) is 9.47 Å². The lowest BCUT2D eigenvalue weighted by atomic mass is 9.98. The molecule has 0 aliphatic heterocycles. The molecule has 0 spiro atoms. The van der Waals surface area contributed by atoms with Gasteiger partial charge in [0, 0.05) is 10.4 Å². The molecule has 2 amide bonds. The van der Waals surface area contributed by atoms with Gasteiger partial charge in [-0.1, -0.05) is 94.8 Å². The lowest BCUT2D eigenvalue weighted by Crippen LogP contribution is -2.51. The van der Waals surface area contributed by atoms with Crippen LogP contribution in [-0.4, -0.2) is 41.8 Å². The van der Waals surface area contributed by atoms with Crippen molar-refractivity contribution >= 4 is 39.6 Å². The first-order chi connectivity index (χ1) is 20.3. The minimum Gasteiger partial charge on any atom is -0.478 e. The van der Waals surface area contributed by atoms with E-state index in [1.807, 2.05) is 78.9 Å². The third-order valence-electron chi connectivity index (χ3n) is 7.19. The molecular formula is C33H29BrN2O6. The van der Waals surface area contributed by atoms with Gasteiger partial charge in [-0.25, -0.2) is 9.59 Å². The number of hydrogen-bond donors (Lipinski definition) is 3. The SMILES string of the molecule is CC(OCc1ccccc1)C(NC(=O)OCC1c2ccccc2-c2ccccc21)C(=O)Nc1cc(Br)ccc1C(=O)O. The standard InChI is InChI=1S/C33H29BrN2O6/c1-20(41-18-21-9-3-2-4-10-21)30(31(37)35-29-17-22(34)15-16-27(29)32(38)39)36-33(40)42-19-28-25-13-7-5-11-23(25)24-12-6-8-14-26(24)28/h2-17,20,28,30H,18-19H2,1H3,(H,35,37)(H,36,40)(H,38,39). The van der Waals surface area contributed by atoms with E-state index in [2.05, 4.69) is 26.6 Å². The number of aromatic carboxylic acids is 1. The summed E-state index contributed by atoms with van der Waals surface area (Å²) < 4.78 is 12.2. The molecule has 0 heterocycles. The van der Waals surface area contributed by atoms with Crippen LogP contribution in [0, 0.1) is 0 Å². The quantitative estimate of drug-likeness (QED) is 0.182. The molecule has 2 atom stereocenters. The Morgan fingerprint density at radius 1 is 0.881 bits per heavy atom. The van der Waals surface area contributed by atoms with E-state index in [1.165, 1.54) is 12.1 Å². The number of nitrogens with one attached hydrogen (secondary N) is 2. The van der Waals surface area contributed by atoms with Gasteiger partial charge in [0.15, 0.2) is 0 Å². The second-order valence-electron chi connectivity index (χ2n) is 9.93. The van der Waals surface area contributed by atoms with Crippen LogP contribution in [-0.2, 0) is 20.9 Å². The first-order valence-electron chi connectivity index (χ1n) is 13.4. The highest BCUT2D eigenvalue weighted by atomic mass is 79.9. The molecule has 8 nitrogen and oxygen atoms in total. The zero-order chi connectivity index (χ0) is 29.6. The Balaban J connectivity index is 1.32. The number of halogens is 1. The molecule has 214 valence electrons. The van der Waals surface area contributed by atoms with Crippen LogP contribution < -0.4 is 10.6 Å². The van der Waals surface area contributed by atoms with Crippen LogP contribution >= 0.6 is 15.9 Å². The van der Waals surface area contributed by atoms with Gasteiger partial charge in [0.2, 0.25) is 5.91 Å². The summed E-state index contributed by atoms with van der Waals surface area (Å²) in [5.41, 5.74) is 5.22. The normalized spacial score (nSPS) is 13.4. The number of rotatable bonds is 10. The van der Waals surface area contributed by atoms with Gasteiger partial charge in [-0.05, 0) is 52.9 Å². The Labute approximate surface area is 251 Å². The Kier molecular flexibility index (Phi) is 9.00. The van der Waals surface area contributed by atoms with Crippen LogP contribution in [0.4, 0.5) is 10.5 Å². The summed E-state index contributed by atoms with van der Waals surface area (Å²) in [4.78, 5) is 38.4. The molecule has 0 fully saturated rings. The Morgan fingerprint density at radius 2 is 1.50 bits per heavy atom. The predicted octanol–water partition coefficient (Wildman–Crippen LogP) is 6.60. The number of ether oxygens (including phenoxy) is 2. The van der Waals surface area contributed by atoms with Gasteiger partial charge in [-0.3, -0.25) is 4.79 Å². The van der Waals surface area contributed by atoms with Crippen molar-refractivity contribution in [1.29, 1.82) is 0 Å². The molecule has 0 saturated carbocycles. The summed E-state index contributed by atoms with van der Waals surface area (Å²) in [5, 5.41) is 14.9. The van der Waals surface area contributed by atoms with Crippen molar-refractivity contribution in [3.63, 3.8) is 0 Å². The predicted molar refractivity (Wildman–Crippen MR) is 162 cm³/mol. The van der Waals surface area contributed by atoms with Crippen LogP contribution in [0.3, 0.4) is 0 Å². The third-order valence-corrected chi connectivity index (χ3v) is 7.69. The molecule has 9 heteroatoms. The molecule has 0 saturated heterocycles. The number of carboxylic acids is 1. The summed E-state index contributed by atoms with van der Waals surface area (Å²) in [6.07, 6.45) is -1.58. The fraction of sp³-hybridized carbons (Fsp3) is 0.182. The molecule has 4 aromatic rings. The topological polar surface area (TPSA) is 114 Å². The first-order valence-corrected chi connectivity index (χ1v) is 14.2. The molecule has 2 unspecified atom stereocenters. The van der Waals surface area contributed by atoms with Crippen molar-refractivity contribution in [3.8, 4) is 11.1 Å². The van der Waals surface area contributed by atoms with E-state index in [0.29, 0.717) is 4.47 Å². The first kappa shape index (κ1) is 29.0. The lowest BCUT2D eigenvalue weighted by molar-refractivity contribution is -0.121. The fourth-order valence-electron chi connectivity index (χ4n) is 5.08. The van der Waals surface area contributed by atoms with Crippen molar-refractivity contribution in [2.45, 2.75) is 31.6 Å². The van der Waals surface area contributed by atoms with Gasteiger partial charge in [-0.2, -0.15) is 0 Å². The minimum absolute atomic E-state index is 0.0717. The maximum atomic E-state index is 13.5. The van der Waals surface area contributed by atoms with Crippen molar-refractivity contribution in [2.24, 2.45) is 0 Å². The van der Waals surface area contributed by atoms with E-state index in [9.17, 15) is 19.5 Å². The number of carbonyl (C=O) groups excluding carboxylic acids is 2. The molecule has 1 aliphatic rings. The molecule has 42 heavy (non-hydrogen) atoms. The van der Waals surface area contributed by atoms with Gasteiger partial charge in [0.05, 0.1) is 24.0 Å². The Hall–Kier alpha value is -4.47. The maximum absolute atomic E-state index is 13.5. The number of carbonyl (C=O) groups is 3. The Bertz CT molecular complexity index is 1560. The van der Waals surface area contributed by atoms with Gasteiger partial charge in [0.1, 0.15) is 12.6 Å². The average Bonchev–Trinajstić information content (AvgIpc) is 3.31. The molecule has 4 aromatic carbocycles. The zero-order valence-electron chi connectivity index (χ0n) is 22.8. The number of amides is 2. The van der Waals surface area contributed by atoms with Crippen molar-refractivity contribution < 1.29 is 29.0 Å². The second-order valence-corrected chi connectivity index (χ2v) is 10.8. The summed E-state index contributed by atoms with van der Waals surface area (Å²) >= 11 is 3.31. The summed E-state index contributed by atoms with van der Waals surface area (Å²) in [6, 6.07) is 28.7. The van der Waals surface area contributed by atoms with Gasteiger partial charge < -0.3 is 25.2 Å². The number of benzene rings is 4. The molecule has 0 bridgehead atoms. The molecule has 3 N–H and O–H groups in total. The molecule has 0 aromatic heterocycles. The average molecular weight is 630 g/mol. The molecule has 0 radical (unpaired) electrons. The van der Waals surface area contributed by atoms with E-state index >= 15 is 0 Å². The summed E-state index contributed by atoms with van der Waals surface area (Å²) in [6.45, 7) is 1.94. The Morgan fingerprint density at radius 3 is 2.14 bits per heavy atom. The van der Waals surface area contributed by atoms with Gasteiger partial charge in [-0.15, -0.1) is 0 Å². The number of anilines is 1. The largest absolute Gasteiger partial charge is 0.478 e. The highest BCUT2D eigenvalue weighted by Crippen LogP contribution is 2.44. The number of alkyl carbamates (subject to hydrolysis) is 1. The fourth-order valence-corrected chi connectivity index (χ4v) is 5.44.